The first-order valence-corrected chi connectivity index (χ1v) is 6.36. The Morgan fingerprint density at radius 3 is 2.70 bits per heavy atom. The molecule has 2 rings (SSSR count). The van der Waals surface area contributed by atoms with Gasteiger partial charge in [0.2, 0.25) is 0 Å². The van der Waals surface area contributed by atoms with Crippen molar-refractivity contribution in [2.45, 2.75) is 6.61 Å². The molecule has 0 bridgehead atoms. The van der Waals surface area contributed by atoms with E-state index >= 15 is 0 Å². The van der Waals surface area contributed by atoms with Crippen LogP contribution >= 0.6 is 12.2 Å². The Hall–Kier alpha value is -1.98. The van der Waals surface area contributed by atoms with E-state index in [9.17, 15) is 4.39 Å². The Labute approximate surface area is 122 Å². The summed E-state index contributed by atoms with van der Waals surface area (Å²) in [4.78, 5) is 0.151. The molecule has 3 nitrogen and oxygen atoms in total. The van der Waals surface area contributed by atoms with Crippen molar-refractivity contribution in [3.05, 3.63) is 59.4 Å². The van der Waals surface area contributed by atoms with Gasteiger partial charge in [-0.05, 0) is 35.9 Å². The lowest BCUT2D eigenvalue weighted by atomic mass is 10.2. The van der Waals surface area contributed by atoms with Gasteiger partial charge in [-0.3, -0.25) is 0 Å². The van der Waals surface area contributed by atoms with Gasteiger partial charge >= 0.3 is 0 Å². The van der Waals surface area contributed by atoms with Gasteiger partial charge in [-0.15, -0.1) is 0 Å². The Bertz CT molecular complexity index is 631. The zero-order chi connectivity index (χ0) is 14.5. The number of hydrogen-bond donors (Lipinski definition) is 1. The molecule has 2 aromatic carbocycles. The first kappa shape index (κ1) is 14.4. The third-order valence-corrected chi connectivity index (χ3v) is 2.89. The summed E-state index contributed by atoms with van der Waals surface area (Å²) in [6, 6.07) is 11.7. The molecule has 20 heavy (non-hydrogen) atoms. The number of benzene rings is 2. The summed E-state index contributed by atoms with van der Waals surface area (Å²) in [6.45, 7) is 0.472. The van der Waals surface area contributed by atoms with Crippen molar-refractivity contribution in [2.75, 3.05) is 7.11 Å². The molecule has 0 aliphatic heterocycles. The van der Waals surface area contributed by atoms with Crippen molar-refractivity contribution in [3.63, 3.8) is 0 Å². The van der Waals surface area contributed by atoms with E-state index in [1.807, 2.05) is 12.1 Å². The first-order valence-electron chi connectivity index (χ1n) is 5.95. The minimum absolute atomic E-state index is 0.125. The number of rotatable bonds is 5. The third kappa shape index (κ3) is 3.53. The molecule has 2 aromatic rings. The second-order valence-corrected chi connectivity index (χ2v) is 4.63. The molecule has 0 fully saturated rings. The van der Waals surface area contributed by atoms with Crippen LogP contribution < -0.4 is 10.5 Å². The second-order valence-electron chi connectivity index (χ2n) is 4.19. The number of nitrogens with two attached hydrogens (primary N) is 1. The van der Waals surface area contributed by atoms with Gasteiger partial charge in [0.1, 0.15) is 10.7 Å². The Morgan fingerprint density at radius 2 is 2.05 bits per heavy atom. The van der Waals surface area contributed by atoms with Gasteiger partial charge in [0.05, 0.1) is 6.61 Å². The van der Waals surface area contributed by atoms with E-state index in [0.717, 1.165) is 5.56 Å². The molecule has 0 aliphatic rings. The van der Waals surface area contributed by atoms with Crippen LogP contribution in [0.2, 0.25) is 0 Å². The SMILES string of the molecule is COCc1cccc(Oc2ccc(C(N)=S)cc2F)c1. The lowest BCUT2D eigenvalue weighted by Gasteiger charge is -2.09. The number of ether oxygens (including phenoxy) is 2. The van der Waals surface area contributed by atoms with Gasteiger partial charge in [-0.1, -0.05) is 24.4 Å². The number of thiocarbonyl (C=S) groups is 1. The molecule has 0 radical (unpaired) electrons. The van der Waals surface area contributed by atoms with Crippen LogP contribution in [0, 0.1) is 5.82 Å². The van der Waals surface area contributed by atoms with Crippen LogP contribution in [0.4, 0.5) is 4.39 Å². The van der Waals surface area contributed by atoms with E-state index < -0.39 is 5.82 Å². The predicted molar refractivity (Wildman–Crippen MR) is 79.5 cm³/mol. The van der Waals surface area contributed by atoms with E-state index in [2.05, 4.69) is 0 Å². The van der Waals surface area contributed by atoms with Crippen molar-refractivity contribution in [3.8, 4) is 11.5 Å². The average molecular weight is 291 g/mol. The van der Waals surface area contributed by atoms with Crippen LogP contribution in [0.25, 0.3) is 0 Å². The van der Waals surface area contributed by atoms with Crippen molar-refractivity contribution in [2.24, 2.45) is 5.73 Å². The van der Waals surface area contributed by atoms with Crippen LogP contribution in [-0.2, 0) is 11.3 Å². The Balaban J connectivity index is 2.21. The summed E-state index contributed by atoms with van der Waals surface area (Å²) < 4.78 is 24.4. The lowest BCUT2D eigenvalue weighted by molar-refractivity contribution is 0.184. The fourth-order valence-electron chi connectivity index (χ4n) is 1.73. The zero-order valence-electron chi connectivity index (χ0n) is 10.9. The smallest absolute Gasteiger partial charge is 0.166 e. The second kappa shape index (κ2) is 6.45. The van der Waals surface area contributed by atoms with Crippen LogP contribution in [0.15, 0.2) is 42.5 Å². The van der Waals surface area contributed by atoms with E-state index in [1.165, 1.54) is 12.1 Å². The highest BCUT2D eigenvalue weighted by Crippen LogP contribution is 2.26. The minimum Gasteiger partial charge on any atom is -0.454 e. The molecular formula is C15H14FNO2S. The van der Waals surface area contributed by atoms with Gasteiger partial charge in [0, 0.05) is 12.7 Å². The highest BCUT2D eigenvalue weighted by molar-refractivity contribution is 7.80. The summed E-state index contributed by atoms with van der Waals surface area (Å²) in [6.07, 6.45) is 0. The summed E-state index contributed by atoms with van der Waals surface area (Å²) in [5.74, 6) is 0.161. The normalized spacial score (nSPS) is 10.3. The Kier molecular flexibility index (Phi) is 4.65. The molecule has 2 N–H and O–H groups in total. The van der Waals surface area contributed by atoms with Crippen molar-refractivity contribution >= 4 is 17.2 Å². The molecule has 0 spiro atoms. The van der Waals surface area contributed by atoms with Crippen LogP contribution in [-0.4, -0.2) is 12.1 Å². The molecule has 0 saturated carbocycles. The molecule has 0 atom stereocenters. The van der Waals surface area contributed by atoms with Crippen LogP contribution in [0.1, 0.15) is 11.1 Å². The lowest BCUT2D eigenvalue weighted by Crippen LogP contribution is -2.09. The van der Waals surface area contributed by atoms with Crippen LogP contribution in [0.3, 0.4) is 0 Å². The molecule has 0 unspecified atom stereocenters. The highest BCUT2D eigenvalue weighted by Gasteiger charge is 2.08. The van der Waals surface area contributed by atoms with E-state index in [0.29, 0.717) is 17.9 Å². The van der Waals surface area contributed by atoms with Crippen molar-refractivity contribution in [1.82, 2.24) is 0 Å². The number of halogens is 1. The van der Waals surface area contributed by atoms with Crippen molar-refractivity contribution < 1.29 is 13.9 Å². The standard InChI is InChI=1S/C15H14FNO2S/c1-18-9-10-3-2-4-12(7-10)19-14-6-5-11(15(17)20)8-13(14)16/h2-8H,9H2,1H3,(H2,17,20). The molecule has 0 aromatic heterocycles. The van der Waals surface area contributed by atoms with E-state index in [-0.39, 0.29) is 10.7 Å². The fraction of sp³-hybridized carbons (Fsp3) is 0.133. The van der Waals surface area contributed by atoms with Gasteiger partial charge < -0.3 is 15.2 Å². The zero-order valence-corrected chi connectivity index (χ0v) is 11.7. The Morgan fingerprint density at radius 1 is 1.25 bits per heavy atom. The quantitative estimate of drug-likeness (QED) is 0.858. The molecular weight excluding hydrogens is 277 g/mol. The monoisotopic (exact) mass is 291 g/mol. The number of methoxy groups -OCH3 is 1. The molecule has 0 heterocycles. The predicted octanol–water partition coefficient (Wildman–Crippen LogP) is 3.40. The topological polar surface area (TPSA) is 44.5 Å². The van der Waals surface area contributed by atoms with Gasteiger partial charge in [0.15, 0.2) is 11.6 Å². The van der Waals surface area contributed by atoms with Crippen LogP contribution in [0.5, 0.6) is 11.5 Å². The molecule has 5 heteroatoms. The fourth-order valence-corrected chi connectivity index (χ4v) is 1.86. The summed E-state index contributed by atoms with van der Waals surface area (Å²) >= 11 is 4.80. The average Bonchev–Trinajstić information content (AvgIpc) is 2.42. The van der Waals surface area contributed by atoms with Gasteiger partial charge in [-0.25, -0.2) is 4.39 Å². The molecule has 0 amide bonds. The van der Waals surface area contributed by atoms with Gasteiger partial charge in [-0.2, -0.15) is 0 Å². The van der Waals surface area contributed by atoms with Crippen molar-refractivity contribution in [1.29, 1.82) is 0 Å². The maximum atomic E-state index is 13.9. The first-order chi connectivity index (χ1) is 9.60. The highest BCUT2D eigenvalue weighted by atomic mass is 32.1. The largest absolute Gasteiger partial charge is 0.454 e. The maximum Gasteiger partial charge on any atom is 0.166 e. The van der Waals surface area contributed by atoms with E-state index in [1.54, 1.807) is 25.3 Å². The molecule has 104 valence electrons. The minimum atomic E-state index is -0.507. The summed E-state index contributed by atoms with van der Waals surface area (Å²) in [5.41, 5.74) is 6.87. The summed E-state index contributed by atoms with van der Waals surface area (Å²) in [7, 11) is 1.61. The summed E-state index contributed by atoms with van der Waals surface area (Å²) in [5, 5.41) is 0. The third-order valence-electron chi connectivity index (χ3n) is 2.65. The number of hydrogen-bond acceptors (Lipinski definition) is 3. The molecule has 0 saturated heterocycles. The molecule has 0 aliphatic carbocycles. The van der Waals surface area contributed by atoms with Gasteiger partial charge in [0.25, 0.3) is 0 Å². The van der Waals surface area contributed by atoms with E-state index in [4.69, 9.17) is 27.4 Å². The maximum absolute atomic E-state index is 13.9.